The lowest BCUT2D eigenvalue weighted by molar-refractivity contribution is -0.130. The maximum atomic E-state index is 11.9. The topological polar surface area (TPSA) is 64.9 Å². The number of rotatable bonds is 4. The number of nitrogens with zero attached hydrogens (tertiary/aromatic N) is 2. The Balaban J connectivity index is 2.51. The van der Waals surface area contributed by atoms with Crippen molar-refractivity contribution in [2.45, 2.75) is 25.4 Å². The summed E-state index contributed by atoms with van der Waals surface area (Å²) >= 11 is 0. The Bertz CT molecular complexity index is 284. The smallest absolute Gasteiger partial charge is 0.397 e. The third-order valence-corrected chi connectivity index (χ3v) is 1.46. The Kier molecular flexibility index (Phi) is 3.45. The van der Waals surface area contributed by atoms with Crippen LogP contribution >= 0.6 is 0 Å². The van der Waals surface area contributed by atoms with Crippen LogP contribution in [0.4, 0.5) is 13.2 Å². The SMILES string of the molecule is NCCCc1nnc(CC(F)(F)F)o1. The van der Waals surface area contributed by atoms with Crippen molar-refractivity contribution in [1.82, 2.24) is 10.2 Å². The standard InChI is InChI=1S/C7H10F3N3O/c8-7(9,10)4-6-13-12-5(14-6)2-1-3-11/h1-4,11H2. The van der Waals surface area contributed by atoms with Gasteiger partial charge in [-0.3, -0.25) is 0 Å². The van der Waals surface area contributed by atoms with Gasteiger partial charge in [0, 0.05) is 6.42 Å². The summed E-state index contributed by atoms with van der Waals surface area (Å²) in [4.78, 5) is 0. The van der Waals surface area contributed by atoms with Gasteiger partial charge in [0.2, 0.25) is 11.8 Å². The van der Waals surface area contributed by atoms with Gasteiger partial charge < -0.3 is 10.2 Å². The zero-order chi connectivity index (χ0) is 10.6. The molecule has 1 aromatic rings. The second-order valence-electron chi connectivity index (χ2n) is 2.77. The summed E-state index contributed by atoms with van der Waals surface area (Å²) in [5.41, 5.74) is 5.22. The van der Waals surface area contributed by atoms with E-state index in [9.17, 15) is 13.2 Å². The van der Waals surface area contributed by atoms with Crippen LogP contribution in [-0.2, 0) is 12.8 Å². The molecule has 0 saturated heterocycles. The van der Waals surface area contributed by atoms with Crippen molar-refractivity contribution in [2.75, 3.05) is 6.54 Å². The molecule has 0 atom stereocenters. The summed E-state index contributed by atoms with van der Waals surface area (Å²) in [6, 6.07) is 0. The highest BCUT2D eigenvalue weighted by atomic mass is 19.4. The number of alkyl halides is 3. The lowest BCUT2D eigenvalue weighted by Crippen LogP contribution is -2.11. The molecule has 0 bridgehead atoms. The minimum absolute atomic E-state index is 0.203. The number of hydrogen-bond donors (Lipinski definition) is 1. The van der Waals surface area contributed by atoms with Crippen molar-refractivity contribution in [3.63, 3.8) is 0 Å². The normalized spacial score (nSPS) is 12.0. The number of hydrogen-bond acceptors (Lipinski definition) is 4. The Labute approximate surface area is 78.3 Å². The molecule has 0 radical (unpaired) electrons. The molecule has 0 aliphatic carbocycles. The van der Waals surface area contributed by atoms with Gasteiger partial charge in [-0.15, -0.1) is 10.2 Å². The average molecular weight is 209 g/mol. The Morgan fingerprint density at radius 3 is 2.43 bits per heavy atom. The Morgan fingerprint density at radius 2 is 1.86 bits per heavy atom. The van der Waals surface area contributed by atoms with E-state index in [0.29, 0.717) is 19.4 Å². The largest absolute Gasteiger partial charge is 0.425 e. The van der Waals surface area contributed by atoms with E-state index in [1.807, 2.05) is 0 Å². The van der Waals surface area contributed by atoms with Crippen LogP contribution in [0.1, 0.15) is 18.2 Å². The Hall–Kier alpha value is -1.11. The first kappa shape index (κ1) is 11.0. The van der Waals surface area contributed by atoms with Gasteiger partial charge in [-0.1, -0.05) is 0 Å². The van der Waals surface area contributed by atoms with Gasteiger partial charge in [0.1, 0.15) is 6.42 Å². The molecule has 0 aliphatic rings. The molecule has 0 amide bonds. The van der Waals surface area contributed by atoms with E-state index in [4.69, 9.17) is 10.2 Å². The molecule has 0 saturated carbocycles. The van der Waals surface area contributed by atoms with E-state index in [1.54, 1.807) is 0 Å². The highest BCUT2D eigenvalue weighted by molar-refractivity contribution is 4.84. The molecule has 2 N–H and O–H groups in total. The Morgan fingerprint density at radius 1 is 1.21 bits per heavy atom. The second-order valence-corrected chi connectivity index (χ2v) is 2.77. The number of aromatic nitrogens is 2. The molecule has 1 rings (SSSR count). The fraction of sp³-hybridized carbons (Fsp3) is 0.714. The molecular formula is C7H10F3N3O. The van der Waals surface area contributed by atoms with Crippen LogP contribution in [0.25, 0.3) is 0 Å². The van der Waals surface area contributed by atoms with Crippen LogP contribution in [0.2, 0.25) is 0 Å². The van der Waals surface area contributed by atoms with Gasteiger partial charge in [0.25, 0.3) is 0 Å². The van der Waals surface area contributed by atoms with Gasteiger partial charge in [0.05, 0.1) is 0 Å². The number of halogens is 3. The maximum Gasteiger partial charge on any atom is 0.397 e. The van der Waals surface area contributed by atoms with Crippen molar-refractivity contribution < 1.29 is 17.6 Å². The summed E-state index contributed by atoms with van der Waals surface area (Å²) in [5.74, 6) is -0.195. The summed E-state index contributed by atoms with van der Waals surface area (Å²) in [6.45, 7) is 0.441. The predicted octanol–water partition coefficient (Wildman–Crippen LogP) is 1.07. The first-order chi connectivity index (χ1) is 6.51. The molecule has 1 aromatic heterocycles. The summed E-state index contributed by atoms with van der Waals surface area (Å²) in [7, 11) is 0. The van der Waals surface area contributed by atoms with Gasteiger partial charge in [-0.2, -0.15) is 13.2 Å². The zero-order valence-corrected chi connectivity index (χ0v) is 7.34. The number of aryl methyl sites for hydroxylation is 1. The van der Waals surface area contributed by atoms with E-state index < -0.39 is 18.5 Å². The first-order valence-electron chi connectivity index (χ1n) is 4.09. The molecule has 80 valence electrons. The van der Waals surface area contributed by atoms with Gasteiger partial charge in [-0.25, -0.2) is 0 Å². The second kappa shape index (κ2) is 4.41. The van der Waals surface area contributed by atoms with E-state index >= 15 is 0 Å². The maximum absolute atomic E-state index is 11.9. The van der Waals surface area contributed by atoms with Crippen molar-refractivity contribution in [1.29, 1.82) is 0 Å². The molecule has 0 aliphatic heterocycles. The summed E-state index contributed by atoms with van der Waals surface area (Å²) < 4.78 is 40.3. The van der Waals surface area contributed by atoms with Gasteiger partial charge >= 0.3 is 6.18 Å². The molecular weight excluding hydrogens is 199 g/mol. The van der Waals surface area contributed by atoms with Crippen molar-refractivity contribution in [2.24, 2.45) is 5.73 Å². The molecule has 0 unspecified atom stereocenters. The monoisotopic (exact) mass is 209 g/mol. The lowest BCUT2D eigenvalue weighted by atomic mass is 10.3. The minimum atomic E-state index is -4.31. The van der Waals surface area contributed by atoms with E-state index in [-0.39, 0.29) is 5.89 Å². The molecule has 7 heteroatoms. The first-order valence-corrected chi connectivity index (χ1v) is 4.09. The lowest BCUT2D eigenvalue weighted by Gasteiger charge is -2.00. The molecule has 0 fully saturated rings. The molecule has 0 aromatic carbocycles. The van der Waals surface area contributed by atoms with Crippen LogP contribution < -0.4 is 5.73 Å². The summed E-state index contributed by atoms with van der Waals surface area (Å²) in [5, 5.41) is 6.74. The van der Waals surface area contributed by atoms with Crippen LogP contribution in [0.15, 0.2) is 4.42 Å². The van der Waals surface area contributed by atoms with Crippen molar-refractivity contribution in [3.05, 3.63) is 11.8 Å². The van der Waals surface area contributed by atoms with Crippen LogP contribution in [0, 0.1) is 0 Å². The van der Waals surface area contributed by atoms with Crippen LogP contribution in [0.5, 0.6) is 0 Å². The van der Waals surface area contributed by atoms with E-state index in [2.05, 4.69) is 10.2 Å². The average Bonchev–Trinajstić information content (AvgIpc) is 2.46. The fourth-order valence-corrected chi connectivity index (χ4v) is 0.886. The number of nitrogens with two attached hydrogens (primary N) is 1. The fourth-order valence-electron chi connectivity index (χ4n) is 0.886. The molecule has 0 spiro atoms. The molecule has 14 heavy (non-hydrogen) atoms. The highest BCUT2D eigenvalue weighted by Crippen LogP contribution is 2.20. The quantitative estimate of drug-likeness (QED) is 0.805. The van der Waals surface area contributed by atoms with Gasteiger partial charge in [-0.05, 0) is 13.0 Å². The third-order valence-electron chi connectivity index (χ3n) is 1.46. The summed E-state index contributed by atoms with van der Waals surface area (Å²) in [6.07, 6.45) is -4.45. The van der Waals surface area contributed by atoms with Crippen molar-refractivity contribution >= 4 is 0 Å². The van der Waals surface area contributed by atoms with Crippen molar-refractivity contribution in [3.8, 4) is 0 Å². The third kappa shape index (κ3) is 3.73. The van der Waals surface area contributed by atoms with E-state index in [0.717, 1.165) is 0 Å². The van der Waals surface area contributed by atoms with Gasteiger partial charge in [0.15, 0.2) is 0 Å². The highest BCUT2D eigenvalue weighted by Gasteiger charge is 2.30. The predicted molar refractivity (Wildman–Crippen MR) is 41.4 cm³/mol. The van der Waals surface area contributed by atoms with Crippen LogP contribution in [-0.4, -0.2) is 22.9 Å². The molecule has 1 heterocycles. The molecule has 4 nitrogen and oxygen atoms in total. The zero-order valence-electron chi connectivity index (χ0n) is 7.34. The minimum Gasteiger partial charge on any atom is -0.425 e. The van der Waals surface area contributed by atoms with Crippen LogP contribution in [0.3, 0.4) is 0 Å². The van der Waals surface area contributed by atoms with E-state index in [1.165, 1.54) is 0 Å².